The van der Waals surface area contributed by atoms with E-state index in [-0.39, 0.29) is 5.69 Å². The summed E-state index contributed by atoms with van der Waals surface area (Å²) >= 11 is 0. The Bertz CT molecular complexity index is 853. The number of carbonyl (C=O) groups excluding carboxylic acids is 1. The van der Waals surface area contributed by atoms with E-state index in [2.05, 4.69) is 10.6 Å². The van der Waals surface area contributed by atoms with E-state index in [0.29, 0.717) is 44.0 Å². The Balaban J connectivity index is 1.60. The maximum absolute atomic E-state index is 14.8. The number of piperazine rings is 1. The Kier molecular flexibility index (Phi) is 6.05. The van der Waals surface area contributed by atoms with Gasteiger partial charge in [0.2, 0.25) is 0 Å². The Labute approximate surface area is 160 Å². The summed E-state index contributed by atoms with van der Waals surface area (Å²) in [5.41, 5.74) is 0.816. The van der Waals surface area contributed by atoms with Crippen LogP contribution in [0.5, 0.6) is 0 Å². The van der Waals surface area contributed by atoms with E-state index in [1.807, 2.05) is 4.90 Å². The van der Waals surface area contributed by atoms with Gasteiger partial charge in [-0.15, -0.1) is 0 Å². The monoisotopic (exact) mass is 390 g/mol. The second-order valence-electron chi connectivity index (χ2n) is 6.41. The van der Waals surface area contributed by atoms with Crippen molar-refractivity contribution in [2.45, 2.75) is 6.54 Å². The highest BCUT2D eigenvalue weighted by Gasteiger charge is 2.21. The number of hydrogen-bond acceptors (Lipinski definition) is 3. The summed E-state index contributed by atoms with van der Waals surface area (Å²) in [5.74, 6) is -0.966. The molecule has 0 radical (unpaired) electrons. The van der Waals surface area contributed by atoms with Gasteiger partial charge in [0, 0.05) is 44.0 Å². The van der Waals surface area contributed by atoms with Gasteiger partial charge < -0.3 is 20.6 Å². The highest BCUT2D eigenvalue weighted by Crippen LogP contribution is 2.21. The first-order chi connectivity index (χ1) is 13.4. The Morgan fingerprint density at radius 1 is 0.964 bits per heavy atom. The molecule has 0 spiro atoms. The van der Waals surface area contributed by atoms with Crippen molar-refractivity contribution in [1.82, 2.24) is 9.80 Å². The molecule has 1 aliphatic rings. The molecule has 3 rings (SSSR count). The molecule has 1 heterocycles. The van der Waals surface area contributed by atoms with Crippen LogP contribution >= 0.6 is 0 Å². The molecule has 1 aliphatic heterocycles. The zero-order chi connectivity index (χ0) is 20.1. The summed E-state index contributed by atoms with van der Waals surface area (Å²) in [6, 6.07) is 9.30. The van der Waals surface area contributed by atoms with Crippen molar-refractivity contribution in [3.63, 3.8) is 0 Å². The first kappa shape index (κ1) is 19.6. The minimum atomic E-state index is -0.954. The van der Waals surface area contributed by atoms with Crippen LogP contribution in [0.3, 0.4) is 0 Å². The summed E-state index contributed by atoms with van der Waals surface area (Å²) in [6.07, 6.45) is -0.954. The molecule has 9 heteroatoms. The van der Waals surface area contributed by atoms with Gasteiger partial charge >= 0.3 is 12.1 Å². The van der Waals surface area contributed by atoms with Gasteiger partial charge in [-0.2, -0.15) is 0 Å². The van der Waals surface area contributed by atoms with Crippen molar-refractivity contribution < 1.29 is 23.5 Å². The molecule has 0 saturated carbocycles. The summed E-state index contributed by atoms with van der Waals surface area (Å²) in [7, 11) is 0. The second-order valence-corrected chi connectivity index (χ2v) is 6.41. The van der Waals surface area contributed by atoms with E-state index in [0.717, 1.165) is 0 Å². The Hall–Kier alpha value is -3.20. The fourth-order valence-corrected chi connectivity index (χ4v) is 2.95. The van der Waals surface area contributed by atoms with Crippen molar-refractivity contribution in [2.24, 2.45) is 0 Å². The van der Waals surface area contributed by atoms with Crippen molar-refractivity contribution in [1.29, 1.82) is 0 Å². The quantitative estimate of drug-likeness (QED) is 0.747. The summed E-state index contributed by atoms with van der Waals surface area (Å²) in [5, 5.41) is 13.9. The lowest BCUT2D eigenvalue weighted by molar-refractivity contribution is 0.102. The molecule has 0 aromatic heterocycles. The average molecular weight is 390 g/mol. The number of amides is 3. The van der Waals surface area contributed by atoms with Crippen LogP contribution in [-0.4, -0.2) is 53.2 Å². The minimum Gasteiger partial charge on any atom is -0.465 e. The molecule has 3 amide bonds. The van der Waals surface area contributed by atoms with Crippen LogP contribution in [0, 0.1) is 11.6 Å². The van der Waals surface area contributed by atoms with Crippen molar-refractivity contribution in [2.75, 3.05) is 36.8 Å². The molecule has 7 nitrogen and oxygen atoms in total. The van der Waals surface area contributed by atoms with Gasteiger partial charge in [-0.1, -0.05) is 12.1 Å². The van der Waals surface area contributed by atoms with Crippen molar-refractivity contribution >= 4 is 23.5 Å². The molecule has 1 fully saturated rings. The molecule has 0 bridgehead atoms. The van der Waals surface area contributed by atoms with Crippen LogP contribution in [0.4, 0.5) is 29.7 Å². The number of carbonyl (C=O) groups is 2. The maximum atomic E-state index is 14.8. The van der Waals surface area contributed by atoms with Crippen LogP contribution in [0.25, 0.3) is 0 Å². The van der Waals surface area contributed by atoms with Gasteiger partial charge in [0.05, 0.1) is 5.69 Å². The highest BCUT2D eigenvalue weighted by atomic mass is 19.1. The van der Waals surface area contributed by atoms with Crippen LogP contribution < -0.4 is 10.6 Å². The lowest BCUT2D eigenvalue weighted by Crippen LogP contribution is -2.47. The van der Waals surface area contributed by atoms with E-state index in [9.17, 15) is 18.4 Å². The Morgan fingerprint density at radius 2 is 1.64 bits per heavy atom. The van der Waals surface area contributed by atoms with Gasteiger partial charge in [-0.25, -0.2) is 18.4 Å². The largest absolute Gasteiger partial charge is 0.465 e. The first-order valence-electron chi connectivity index (χ1n) is 8.73. The van der Waals surface area contributed by atoms with Gasteiger partial charge in [0.1, 0.15) is 5.82 Å². The zero-order valence-corrected chi connectivity index (χ0v) is 15.0. The SMILES string of the molecule is O=C(Nc1ccc(F)cc1)Nc1cccc(CN2CCN(C(=O)O)CC2)c1F. The molecular formula is C19H20F2N4O3. The summed E-state index contributed by atoms with van der Waals surface area (Å²) in [6.45, 7) is 2.07. The maximum Gasteiger partial charge on any atom is 0.407 e. The van der Waals surface area contributed by atoms with E-state index in [4.69, 9.17) is 5.11 Å². The van der Waals surface area contributed by atoms with E-state index < -0.39 is 23.8 Å². The van der Waals surface area contributed by atoms with E-state index in [1.165, 1.54) is 35.2 Å². The molecule has 2 aromatic rings. The third-order valence-corrected chi connectivity index (χ3v) is 4.47. The summed E-state index contributed by atoms with van der Waals surface area (Å²) < 4.78 is 27.7. The van der Waals surface area contributed by atoms with Gasteiger partial charge in [-0.3, -0.25) is 4.90 Å². The van der Waals surface area contributed by atoms with Crippen molar-refractivity contribution in [3.8, 4) is 0 Å². The lowest BCUT2D eigenvalue weighted by atomic mass is 10.1. The van der Waals surface area contributed by atoms with Gasteiger partial charge in [-0.05, 0) is 30.3 Å². The number of benzene rings is 2. The number of rotatable bonds is 4. The fraction of sp³-hybridized carbons (Fsp3) is 0.263. The number of halogens is 2. The fourth-order valence-electron chi connectivity index (χ4n) is 2.95. The molecule has 148 valence electrons. The zero-order valence-electron chi connectivity index (χ0n) is 15.0. The number of urea groups is 1. The molecule has 0 unspecified atom stereocenters. The number of nitrogens with zero attached hydrogens (tertiary/aromatic N) is 2. The van der Waals surface area contributed by atoms with Gasteiger partial charge in [0.15, 0.2) is 5.82 Å². The van der Waals surface area contributed by atoms with E-state index in [1.54, 1.807) is 12.1 Å². The smallest absolute Gasteiger partial charge is 0.407 e. The third-order valence-electron chi connectivity index (χ3n) is 4.47. The summed E-state index contributed by atoms with van der Waals surface area (Å²) in [4.78, 5) is 26.3. The van der Waals surface area contributed by atoms with Crippen LogP contribution in [0.1, 0.15) is 5.56 Å². The molecule has 0 atom stereocenters. The van der Waals surface area contributed by atoms with E-state index >= 15 is 0 Å². The lowest BCUT2D eigenvalue weighted by Gasteiger charge is -2.33. The molecular weight excluding hydrogens is 370 g/mol. The Morgan fingerprint density at radius 3 is 2.29 bits per heavy atom. The second kappa shape index (κ2) is 8.66. The molecule has 28 heavy (non-hydrogen) atoms. The minimum absolute atomic E-state index is 0.0290. The molecule has 3 N–H and O–H groups in total. The van der Waals surface area contributed by atoms with Crippen molar-refractivity contribution in [3.05, 3.63) is 59.7 Å². The number of nitrogens with one attached hydrogen (secondary N) is 2. The van der Waals surface area contributed by atoms with Crippen LogP contribution in [0.2, 0.25) is 0 Å². The molecule has 2 aromatic carbocycles. The standard InChI is InChI=1S/C19H20F2N4O3/c20-14-4-6-15(7-5-14)22-18(26)23-16-3-1-2-13(17(16)21)12-24-8-10-25(11-9-24)19(27)28/h1-7H,8-12H2,(H,27,28)(H2,22,23,26). The van der Waals surface area contributed by atoms with Crippen LogP contribution in [-0.2, 0) is 6.54 Å². The first-order valence-corrected chi connectivity index (χ1v) is 8.73. The average Bonchev–Trinajstić information content (AvgIpc) is 2.67. The predicted molar refractivity (Wildman–Crippen MR) is 100 cm³/mol. The predicted octanol–water partition coefficient (Wildman–Crippen LogP) is 3.40. The van der Waals surface area contributed by atoms with Gasteiger partial charge in [0.25, 0.3) is 0 Å². The number of hydrogen-bond donors (Lipinski definition) is 3. The highest BCUT2D eigenvalue weighted by molar-refractivity contribution is 5.99. The molecule has 0 aliphatic carbocycles. The number of carboxylic acid groups (broad SMARTS) is 1. The third kappa shape index (κ3) is 4.95. The molecule has 1 saturated heterocycles. The number of anilines is 2. The van der Waals surface area contributed by atoms with Crippen LogP contribution in [0.15, 0.2) is 42.5 Å². The topological polar surface area (TPSA) is 84.9 Å². The normalized spacial score (nSPS) is 14.6.